The van der Waals surface area contributed by atoms with Crippen LogP contribution >= 0.6 is 11.3 Å². The summed E-state index contributed by atoms with van der Waals surface area (Å²) in [4.78, 5) is 1.29. The summed E-state index contributed by atoms with van der Waals surface area (Å²) in [5.41, 5.74) is 0.371. The Morgan fingerprint density at radius 3 is 2.82 bits per heavy atom. The van der Waals surface area contributed by atoms with E-state index in [0.717, 1.165) is 25.1 Å². The monoisotopic (exact) mass is 253 g/mol. The fourth-order valence-electron chi connectivity index (χ4n) is 1.57. The highest BCUT2D eigenvalue weighted by Crippen LogP contribution is 2.10. The minimum absolute atomic E-state index is 0.356. The molecule has 1 aromatic heterocycles. The summed E-state index contributed by atoms with van der Waals surface area (Å²) in [6, 6.07) is 7.59. The van der Waals surface area contributed by atoms with Crippen molar-refractivity contribution in [1.29, 1.82) is 0 Å². The molecule has 0 unspecified atom stereocenters. The van der Waals surface area contributed by atoms with E-state index < -0.39 is 5.82 Å². The molecule has 2 rings (SSSR count). The van der Waals surface area contributed by atoms with Crippen molar-refractivity contribution >= 4 is 11.3 Å². The van der Waals surface area contributed by atoms with Crippen molar-refractivity contribution in [1.82, 2.24) is 5.32 Å². The van der Waals surface area contributed by atoms with Crippen LogP contribution in [0, 0.1) is 11.6 Å². The van der Waals surface area contributed by atoms with Crippen LogP contribution in [0.3, 0.4) is 0 Å². The lowest BCUT2D eigenvalue weighted by Gasteiger charge is -2.05. The lowest BCUT2D eigenvalue weighted by Crippen LogP contribution is -2.17. The molecule has 1 heterocycles. The number of hydrogen-bond donors (Lipinski definition) is 1. The summed E-state index contributed by atoms with van der Waals surface area (Å²) >= 11 is 1.70. The van der Waals surface area contributed by atoms with Gasteiger partial charge >= 0.3 is 0 Å². The third-order valence-corrected chi connectivity index (χ3v) is 3.39. The molecule has 0 aliphatic carbocycles. The molecule has 0 radical (unpaired) electrons. The van der Waals surface area contributed by atoms with Crippen LogP contribution in [0.4, 0.5) is 8.78 Å². The summed E-state index contributed by atoms with van der Waals surface area (Å²) in [5, 5.41) is 5.14. The first-order valence-electron chi connectivity index (χ1n) is 5.43. The molecule has 0 bridgehead atoms. The van der Waals surface area contributed by atoms with Gasteiger partial charge in [0.1, 0.15) is 11.6 Å². The largest absolute Gasteiger partial charge is 0.312 e. The predicted molar refractivity (Wildman–Crippen MR) is 66.1 cm³/mol. The lowest BCUT2D eigenvalue weighted by atomic mass is 10.2. The van der Waals surface area contributed by atoms with Crippen molar-refractivity contribution < 1.29 is 8.78 Å². The quantitative estimate of drug-likeness (QED) is 0.806. The molecule has 0 saturated carbocycles. The van der Waals surface area contributed by atoms with Crippen molar-refractivity contribution in [2.45, 2.75) is 13.0 Å². The average Bonchev–Trinajstić information content (AvgIpc) is 2.82. The van der Waals surface area contributed by atoms with Crippen LogP contribution in [0.25, 0.3) is 0 Å². The Morgan fingerprint density at radius 2 is 2.06 bits per heavy atom. The summed E-state index contributed by atoms with van der Waals surface area (Å²) in [5.74, 6) is -0.767. The number of thiophene rings is 1. The Bertz CT molecular complexity index is 468. The molecule has 4 heteroatoms. The van der Waals surface area contributed by atoms with Gasteiger partial charge in [-0.1, -0.05) is 6.07 Å². The van der Waals surface area contributed by atoms with Gasteiger partial charge in [-0.15, -0.1) is 11.3 Å². The van der Waals surface area contributed by atoms with E-state index in [0.29, 0.717) is 12.1 Å². The fraction of sp³-hybridized carbons (Fsp3) is 0.231. The molecule has 0 aliphatic rings. The zero-order valence-corrected chi connectivity index (χ0v) is 10.1. The van der Waals surface area contributed by atoms with E-state index in [-0.39, 0.29) is 5.82 Å². The van der Waals surface area contributed by atoms with Gasteiger partial charge in [0.15, 0.2) is 0 Å². The number of halogens is 2. The van der Waals surface area contributed by atoms with Gasteiger partial charge < -0.3 is 5.32 Å². The van der Waals surface area contributed by atoms with E-state index in [4.69, 9.17) is 0 Å². The Kier molecular flexibility index (Phi) is 4.23. The van der Waals surface area contributed by atoms with E-state index in [2.05, 4.69) is 11.4 Å². The van der Waals surface area contributed by atoms with Crippen molar-refractivity contribution in [2.75, 3.05) is 6.54 Å². The van der Waals surface area contributed by atoms with Gasteiger partial charge in [-0.3, -0.25) is 0 Å². The topological polar surface area (TPSA) is 12.0 Å². The molecule has 1 N–H and O–H groups in total. The highest BCUT2D eigenvalue weighted by molar-refractivity contribution is 7.09. The van der Waals surface area contributed by atoms with Gasteiger partial charge in [0, 0.05) is 23.5 Å². The summed E-state index contributed by atoms with van der Waals surface area (Å²) in [6.45, 7) is 1.12. The zero-order chi connectivity index (χ0) is 12.1. The van der Waals surface area contributed by atoms with E-state index in [1.165, 1.54) is 10.9 Å². The van der Waals surface area contributed by atoms with Gasteiger partial charge in [0.05, 0.1) is 0 Å². The minimum Gasteiger partial charge on any atom is -0.312 e. The van der Waals surface area contributed by atoms with Crippen LogP contribution in [-0.2, 0) is 13.0 Å². The molecule has 17 heavy (non-hydrogen) atoms. The van der Waals surface area contributed by atoms with Crippen molar-refractivity contribution in [3.8, 4) is 0 Å². The lowest BCUT2D eigenvalue weighted by molar-refractivity contribution is 0.569. The van der Waals surface area contributed by atoms with Gasteiger partial charge in [-0.25, -0.2) is 8.78 Å². The average molecular weight is 253 g/mol. The number of nitrogens with one attached hydrogen (secondary N) is 1. The van der Waals surface area contributed by atoms with E-state index in [1.807, 2.05) is 11.4 Å². The molecule has 2 aromatic rings. The molecule has 90 valence electrons. The Morgan fingerprint density at radius 1 is 1.18 bits per heavy atom. The first-order chi connectivity index (χ1) is 8.25. The first kappa shape index (κ1) is 12.2. The minimum atomic E-state index is -0.401. The molecule has 0 spiro atoms. The van der Waals surface area contributed by atoms with Crippen LogP contribution < -0.4 is 5.32 Å². The maximum atomic E-state index is 13.3. The fourth-order valence-corrected chi connectivity index (χ4v) is 2.28. The highest BCUT2D eigenvalue weighted by atomic mass is 32.1. The highest BCUT2D eigenvalue weighted by Gasteiger charge is 2.03. The maximum Gasteiger partial charge on any atom is 0.127 e. The molecule has 0 saturated heterocycles. The predicted octanol–water partition coefficient (Wildman–Crippen LogP) is 3.36. The summed E-state index contributed by atoms with van der Waals surface area (Å²) < 4.78 is 26.2. The van der Waals surface area contributed by atoms with Gasteiger partial charge in [0.25, 0.3) is 0 Å². The first-order valence-corrected chi connectivity index (χ1v) is 6.31. The van der Waals surface area contributed by atoms with Crippen LogP contribution in [0.5, 0.6) is 0 Å². The van der Waals surface area contributed by atoms with Crippen LogP contribution in [0.1, 0.15) is 10.4 Å². The molecule has 0 atom stereocenters. The van der Waals surface area contributed by atoms with Crippen molar-refractivity contribution in [3.63, 3.8) is 0 Å². The SMILES string of the molecule is Fc1ccc(F)c(CNCCc2cccs2)c1. The molecule has 0 aliphatic heterocycles. The van der Waals surface area contributed by atoms with Gasteiger partial charge in [-0.2, -0.15) is 0 Å². The van der Waals surface area contributed by atoms with Crippen molar-refractivity contribution in [3.05, 3.63) is 57.8 Å². The summed E-state index contributed by atoms with van der Waals surface area (Å²) in [7, 11) is 0. The normalized spacial score (nSPS) is 10.7. The van der Waals surface area contributed by atoms with Crippen LogP contribution in [-0.4, -0.2) is 6.54 Å². The zero-order valence-electron chi connectivity index (χ0n) is 9.25. The number of hydrogen-bond acceptors (Lipinski definition) is 2. The molecule has 0 fully saturated rings. The summed E-state index contributed by atoms with van der Waals surface area (Å²) in [6.07, 6.45) is 0.911. The van der Waals surface area contributed by atoms with E-state index >= 15 is 0 Å². The molecular formula is C13H13F2NS. The molecule has 0 amide bonds. The Balaban J connectivity index is 1.80. The third kappa shape index (κ3) is 3.61. The smallest absolute Gasteiger partial charge is 0.127 e. The maximum absolute atomic E-state index is 13.3. The second kappa shape index (κ2) is 5.89. The molecule has 1 aromatic carbocycles. The molecule has 1 nitrogen and oxygen atoms in total. The molecular weight excluding hydrogens is 240 g/mol. The van der Waals surface area contributed by atoms with E-state index in [9.17, 15) is 8.78 Å². The Labute approximate surface area is 103 Å². The van der Waals surface area contributed by atoms with Crippen molar-refractivity contribution in [2.24, 2.45) is 0 Å². The van der Waals surface area contributed by atoms with Gasteiger partial charge in [0.2, 0.25) is 0 Å². The van der Waals surface area contributed by atoms with Gasteiger partial charge in [-0.05, 0) is 36.1 Å². The van der Waals surface area contributed by atoms with Crippen LogP contribution in [0.15, 0.2) is 35.7 Å². The van der Waals surface area contributed by atoms with Crippen LogP contribution in [0.2, 0.25) is 0 Å². The standard InChI is InChI=1S/C13H13F2NS/c14-11-3-4-13(15)10(8-11)9-16-6-5-12-2-1-7-17-12/h1-4,7-8,16H,5-6,9H2. The van der Waals surface area contributed by atoms with E-state index in [1.54, 1.807) is 11.3 Å². The number of rotatable bonds is 5. The Hall–Kier alpha value is -1.26. The third-order valence-electron chi connectivity index (χ3n) is 2.45. The second-order valence-electron chi connectivity index (χ2n) is 3.74. The number of benzene rings is 1. The second-order valence-corrected chi connectivity index (χ2v) is 4.77.